The molecule has 0 spiro atoms. The smallest absolute Gasteiger partial charge is 0.313 e. The fourth-order valence-electron chi connectivity index (χ4n) is 2.50. The Bertz CT molecular complexity index is 578. The van der Waals surface area contributed by atoms with Crippen molar-refractivity contribution in [1.82, 2.24) is 0 Å². The maximum absolute atomic E-state index is 12.0. The average Bonchev–Trinajstić information content (AvgIpc) is 2.82. The van der Waals surface area contributed by atoms with Gasteiger partial charge in [-0.3, -0.25) is 14.9 Å². The Balaban J connectivity index is 2.18. The number of rotatable bonds is 4. The molecule has 7 heteroatoms. The molecule has 1 saturated heterocycles. The maximum atomic E-state index is 12.0. The van der Waals surface area contributed by atoms with Crippen LogP contribution in [0.25, 0.3) is 0 Å². The summed E-state index contributed by atoms with van der Waals surface area (Å²) in [6.45, 7) is 5.31. The van der Waals surface area contributed by atoms with Crippen molar-refractivity contribution in [2.24, 2.45) is 5.41 Å². The first-order valence-corrected chi connectivity index (χ1v) is 7.53. The summed E-state index contributed by atoms with van der Waals surface area (Å²) in [5, 5.41) is 10.8. The van der Waals surface area contributed by atoms with Crippen LogP contribution in [0, 0.1) is 15.5 Å². The number of nitro groups is 1. The third kappa shape index (κ3) is 3.18. The van der Waals surface area contributed by atoms with E-state index in [-0.39, 0.29) is 11.7 Å². The van der Waals surface area contributed by atoms with Crippen molar-refractivity contribution in [2.75, 3.05) is 24.6 Å². The Morgan fingerprint density at radius 2 is 2.29 bits per heavy atom. The molecule has 2 rings (SSSR count). The zero-order valence-electron chi connectivity index (χ0n) is 12.0. The van der Waals surface area contributed by atoms with Crippen LogP contribution in [0.1, 0.15) is 20.3 Å². The van der Waals surface area contributed by atoms with Gasteiger partial charge in [0.25, 0.3) is 5.69 Å². The van der Waals surface area contributed by atoms with Gasteiger partial charge in [0.15, 0.2) is 0 Å². The first kappa shape index (κ1) is 15.8. The number of halogens is 1. The van der Waals surface area contributed by atoms with E-state index >= 15 is 0 Å². The number of non-ortho nitro benzene ring substituents is 1. The second kappa shape index (κ2) is 6.01. The molecule has 1 aromatic rings. The van der Waals surface area contributed by atoms with Crippen LogP contribution in [0.5, 0.6) is 0 Å². The van der Waals surface area contributed by atoms with E-state index in [1.54, 1.807) is 13.0 Å². The van der Waals surface area contributed by atoms with Crippen LogP contribution in [-0.4, -0.2) is 30.6 Å². The number of hydrogen-bond donors (Lipinski definition) is 0. The fraction of sp³-hybridized carbons (Fsp3) is 0.500. The van der Waals surface area contributed by atoms with Crippen LogP contribution >= 0.6 is 15.9 Å². The van der Waals surface area contributed by atoms with Gasteiger partial charge in [-0.05, 0) is 42.3 Å². The van der Waals surface area contributed by atoms with Crippen molar-refractivity contribution in [3.05, 3.63) is 32.8 Å². The number of ether oxygens (including phenoxy) is 1. The molecular weight excluding hydrogens is 340 g/mol. The van der Waals surface area contributed by atoms with Gasteiger partial charge < -0.3 is 9.64 Å². The highest BCUT2D eigenvalue weighted by molar-refractivity contribution is 9.10. The molecule has 0 saturated carbocycles. The molecule has 1 atom stereocenters. The van der Waals surface area contributed by atoms with Crippen LogP contribution in [0.2, 0.25) is 0 Å². The predicted molar refractivity (Wildman–Crippen MR) is 82.4 cm³/mol. The monoisotopic (exact) mass is 356 g/mol. The Hall–Kier alpha value is -1.63. The summed E-state index contributed by atoms with van der Waals surface area (Å²) in [5.74, 6) is -0.189. The minimum atomic E-state index is -0.531. The van der Waals surface area contributed by atoms with Gasteiger partial charge in [0.05, 0.1) is 22.6 Å². The number of benzene rings is 1. The first-order valence-electron chi connectivity index (χ1n) is 6.73. The standard InChI is InChI=1S/C14H17BrN2O4/c1-3-21-13(18)14(2)6-7-16(9-14)12-5-4-10(17(19)20)8-11(12)15/h4-5,8H,3,6-7,9H2,1-2H3. The van der Waals surface area contributed by atoms with E-state index < -0.39 is 10.3 Å². The topological polar surface area (TPSA) is 72.7 Å². The van der Waals surface area contributed by atoms with Gasteiger partial charge in [-0.2, -0.15) is 0 Å². The second-order valence-corrected chi connectivity index (χ2v) is 6.20. The normalized spacial score (nSPS) is 21.4. The summed E-state index contributed by atoms with van der Waals surface area (Å²) in [5.41, 5.74) is 0.364. The first-order chi connectivity index (χ1) is 9.87. The van der Waals surface area contributed by atoms with Gasteiger partial charge >= 0.3 is 5.97 Å². The molecule has 0 N–H and O–H groups in total. The van der Waals surface area contributed by atoms with E-state index in [0.717, 1.165) is 5.69 Å². The van der Waals surface area contributed by atoms with Crippen molar-refractivity contribution in [3.8, 4) is 0 Å². The van der Waals surface area contributed by atoms with Crippen molar-refractivity contribution >= 4 is 33.3 Å². The van der Waals surface area contributed by atoms with Crippen LogP contribution in [0.3, 0.4) is 0 Å². The van der Waals surface area contributed by atoms with Gasteiger partial charge in [0, 0.05) is 29.7 Å². The number of anilines is 1. The summed E-state index contributed by atoms with van der Waals surface area (Å²) in [4.78, 5) is 24.4. The Morgan fingerprint density at radius 3 is 2.86 bits per heavy atom. The molecule has 1 aromatic carbocycles. The van der Waals surface area contributed by atoms with Crippen molar-refractivity contribution in [3.63, 3.8) is 0 Å². The average molecular weight is 357 g/mol. The quantitative estimate of drug-likeness (QED) is 0.470. The highest BCUT2D eigenvalue weighted by Gasteiger charge is 2.42. The highest BCUT2D eigenvalue weighted by atomic mass is 79.9. The molecule has 0 aromatic heterocycles. The predicted octanol–water partition coefficient (Wildman–Crippen LogP) is 3.14. The summed E-state index contributed by atoms with van der Waals surface area (Å²) < 4.78 is 5.78. The molecule has 6 nitrogen and oxygen atoms in total. The molecule has 1 aliphatic heterocycles. The number of carbonyl (C=O) groups excluding carboxylic acids is 1. The lowest BCUT2D eigenvalue weighted by Gasteiger charge is -2.24. The van der Waals surface area contributed by atoms with Crippen molar-refractivity contribution in [2.45, 2.75) is 20.3 Å². The highest BCUT2D eigenvalue weighted by Crippen LogP contribution is 2.38. The molecule has 1 heterocycles. The van der Waals surface area contributed by atoms with Crippen LogP contribution < -0.4 is 4.90 Å². The number of hydrogen-bond acceptors (Lipinski definition) is 5. The summed E-state index contributed by atoms with van der Waals surface area (Å²) in [6.07, 6.45) is 0.704. The Morgan fingerprint density at radius 1 is 1.57 bits per heavy atom. The molecule has 0 aliphatic carbocycles. The number of nitrogens with zero attached hydrogens (tertiary/aromatic N) is 2. The summed E-state index contributed by atoms with van der Waals surface area (Å²) >= 11 is 3.37. The molecule has 1 unspecified atom stereocenters. The van der Waals surface area contributed by atoms with E-state index in [4.69, 9.17) is 4.74 Å². The van der Waals surface area contributed by atoms with Gasteiger partial charge in [-0.15, -0.1) is 0 Å². The van der Waals surface area contributed by atoms with Gasteiger partial charge in [-0.1, -0.05) is 0 Å². The lowest BCUT2D eigenvalue weighted by atomic mass is 9.90. The van der Waals surface area contributed by atoms with Crippen molar-refractivity contribution in [1.29, 1.82) is 0 Å². The second-order valence-electron chi connectivity index (χ2n) is 5.35. The van der Waals surface area contributed by atoms with Crippen LogP contribution in [0.15, 0.2) is 22.7 Å². The van der Waals surface area contributed by atoms with E-state index in [9.17, 15) is 14.9 Å². The molecule has 114 valence electrons. The summed E-state index contributed by atoms with van der Waals surface area (Å²) in [7, 11) is 0. The van der Waals surface area contributed by atoms with Crippen molar-refractivity contribution < 1.29 is 14.5 Å². The minimum absolute atomic E-state index is 0.0398. The number of carbonyl (C=O) groups is 1. The lowest BCUT2D eigenvalue weighted by Crippen LogP contribution is -2.33. The number of nitro benzene ring substituents is 1. The van der Waals surface area contributed by atoms with E-state index in [2.05, 4.69) is 15.9 Å². The largest absolute Gasteiger partial charge is 0.466 e. The zero-order chi connectivity index (χ0) is 15.6. The molecule has 1 aliphatic rings. The van der Waals surface area contributed by atoms with Gasteiger partial charge in [0.1, 0.15) is 0 Å². The Kier molecular flexibility index (Phi) is 4.51. The molecule has 0 bridgehead atoms. The maximum Gasteiger partial charge on any atom is 0.313 e. The molecule has 0 radical (unpaired) electrons. The fourth-order valence-corrected chi connectivity index (χ4v) is 3.12. The molecule has 21 heavy (non-hydrogen) atoms. The minimum Gasteiger partial charge on any atom is -0.466 e. The third-order valence-corrected chi connectivity index (χ3v) is 4.36. The SMILES string of the molecule is CCOC(=O)C1(C)CCN(c2ccc([N+](=O)[O-])cc2Br)C1. The lowest BCUT2D eigenvalue weighted by molar-refractivity contribution is -0.384. The van der Waals surface area contributed by atoms with Crippen LogP contribution in [0.4, 0.5) is 11.4 Å². The molecule has 0 amide bonds. The third-order valence-electron chi connectivity index (χ3n) is 3.72. The van der Waals surface area contributed by atoms with Crippen LogP contribution in [-0.2, 0) is 9.53 Å². The molecule has 1 fully saturated rings. The van der Waals surface area contributed by atoms with E-state index in [1.807, 2.05) is 11.8 Å². The zero-order valence-corrected chi connectivity index (χ0v) is 13.6. The Labute approximate surface area is 131 Å². The number of esters is 1. The van der Waals surface area contributed by atoms with E-state index in [0.29, 0.717) is 30.6 Å². The molecular formula is C14H17BrN2O4. The van der Waals surface area contributed by atoms with Gasteiger partial charge in [-0.25, -0.2) is 0 Å². The van der Waals surface area contributed by atoms with E-state index in [1.165, 1.54) is 12.1 Å². The van der Waals surface area contributed by atoms with Gasteiger partial charge in [0.2, 0.25) is 0 Å². The summed E-state index contributed by atoms with van der Waals surface area (Å²) in [6, 6.07) is 4.66.